The Kier molecular flexibility index (Phi) is 4.34. The zero-order chi connectivity index (χ0) is 19.2. The molecule has 2 heterocycles. The summed E-state index contributed by atoms with van der Waals surface area (Å²) in [5, 5.41) is 0. The van der Waals surface area contributed by atoms with Gasteiger partial charge in [0.1, 0.15) is 5.75 Å². The second-order valence-corrected chi connectivity index (χ2v) is 9.10. The van der Waals surface area contributed by atoms with E-state index in [0.717, 1.165) is 17.0 Å². The summed E-state index contributed by atoms with van der Waals surface area (Å²) in [5.41, 5.74) is 2.40. The Bertz CT molecular complexity index is 972. The number of aryl methyl sites for hydroxylation is 1. The number of nitrogens with zero attached hydrogens (tertiary/aromatic N) is 2. The Morgan fingerprint density at radius 2 is 1.63 bits per heavy atom. The number of carbonyl (C=O) groups is 1. The number of sulfone groups is 1. The molecule has 2 aromatic rings. The van der Waals surface area contributed by atoms with Crippen LogP contribution in [0.3, 0.4) is 0 Å². The number of hydrogen-bond acceptors (Lipinski definition) is 4. The maximum Gasteiger partial charge on any atom is 0.329 e. The third-order valence-electron chi connectivity index (χ3n) is 5.17. The maximum atomic E-state index is 13.3. The number of benzene rings is 2. The van der Waals surface area contributed by atoms with Crippen molar-refractivity contribution >= 4 is 27.2 Å². The molecule has 0 aliphatic carbocycles. The summed E-state index contributed by atoms with van der Waals surface area (Å²) in [4.78, 5) is 16.6. The predicted octanol–water partition coefficient (Wildman–Crippen LogP) is 3.01. The molecule has 0 unspecified atom stereocenters. The zero-order valence-electron chi connectivity index (χ0n) is 15.3. The van der Waals surface area contributed by atoms with Gasteiger partial charge in [-0.15, -0.1) is 0 Å². The summed E-state index contributed by atoms with van der Waals surface area (Å²) in [6.45, 7) is 4.40. The minimum atomic E-state index is -3.20. The van der Waals surface area contributed by atoms with E-state index in [2.05, 4.69) is 0 Å². The lowest BCUT2D eigenvalue weighted by atomic mass is 10.1. The van der Waals surface area contributed by atoms with E-state index in [1.54, 1.807) is 21.9 Å². The Morgan fingerprint density at radius 1 is 1.00 bits per heavy atom. The van der Waals surface area contributed by atoms with E-state index >= 15 is 0 Å². The quantitative estimate of drug-likeness (QED) is 0.758. The summed E-state index contributed by atoms with van der Waals surface area (Å²) >= 11 is 0. The fourth-order valence-corrected chi connectivity index (χ4v) is 5.91. The van der Waals surface area contributed by atoms with Gasteiger partial charge in [0, 0.05) is 11.4 Å². The number of urea groups is 1. The van der Waals surface area contributed by atoms with Gasteiger partial charge in [-0.05, 0) is 49.7 Å². The highest BCUT2D eigenvalue weighted by atomic mass is 32.2. The molecular formula is C20H22N2O4S. The van der Waals surface area contributed by atoms with E-state index < -0.39 is 9.84 Å². The topological polar surface area (TPSA) is 66.9 Å². The molecule has 0 bridgehead atoms. The van der Waals surface area contributed by atoms with Crippen molar-refractivity contribution in [1.82, 2.24) is 0 Å². The first kappa shape index (κ1) is 17.9. The number of hydrogen-bond donors (Lipinski definition) is 0. The molecule has 7 heteroatoms. The average molecular weight is 386 g/mol. The molecule has 2 saturated heterocycles. The molecule has 6 nitrogen and oxygen atoms in total. The highest BCUT2D eigenvalue weighted by Crippen LogP contribution is 2.39. The first-order valence-corrected chi connectivity index (χ1v) is 10.8. The fourth-order valence-electron chi connectivity index (χ4n) is 3.99. The SMILES string of the molecule is CCOc1ccc(N2C(=O)N(c3ccccc3C)[C@H]3CS(=O)(=O)C[C@@H]32)cc1. The Balaban J connectivity index is 1.76. The van der Waals surface area contributed by atoms with E-state index in [9.17, 15) is 13.2 Å². The van der Waals surface area contributed by atoms with Gasteiger partial charge < -0.3 is 4.74 Å². The van der Waals surface area contributed by atoms with E-state index in [-0.39, 0.29) is 29.6 Å². The molecule has 4 rings (SSSR count). The van der Waals surface area contributed by atoms with E-state index in [1.807, 2.05) is 50.2 Å². The molecule has 0 radical (unpaired) electrons. The number of fused-ring (bicyclic) bond motifs is 1. The molecule has 0 saturated carbocycles. The monoisotopic (exact) mass is 386 g/mol. The van der Waals surface area contributed by atoms with Gasteiger partial charge in [0.25, 0.3) is 0 Å². The van der Waals surface area contributed by atoms with Crippen molar-refractivity contribution < 1.29 is 17.9 Å². The van der Waals surface area contributed by atoms with Gasteiger partial charge >= 0.3 is 6.03 Å². The van der Waals surface area contributed by atoms with Crippen LogP contribution in [-0.4, -0.2) is 44.6 Å². The maximum absolute atomic E-state index is 13.3. The van der Waals surface area contributed by atoms with Gasteiger partial charge in [0.2, 0.25) is 0 Å². The minimum absolute atomic E-state index is 0.00866. The van der Waals surface area contributed by atoms with Gasteiger partial charge in [-0.25, -0.2) is 13.2 Å². The number of ether oxygens (including phenoxy) is 1. The summed E-state index contributed by atoms with van der Waals surface area (Å²) in [6, 6.07) is 13.9. The summed E-state index contributed by atoms with van der Waals surface area (Å²) < 4.78 is 30.2. The Hall–Kier alpha value is -2.54. The predicted molar refractivity (Wildman–Crippen MR) is 105 cm³/mol. The lowest BCUT2D eigenvalue weighted by Gasteiger charge is -2.24. The van der Waals surface area contributed by atoms with Crippen LogP contribution >= 0.6 is 0 Å². The van der Waals surface area contributed by atoms with Crippen LogP contribution in [0, 0.1) is 6.92 Å². The summed E-state index contributed by atoms with van der Waals surface area (Å²) in [5.74, 6) is 0.698. The molecule has 2 aromatic carbocycles. The number of anilines is 2. The zero-order valence-corrected chi connectivity index (χ0v) is 16.1. The largest absolute Gasteiger partial charge is 0.494 e. The molecule has 2 atom stereocenters. The van der Waals surface area contributed by atoms with Gasteiger partial charge in [-0.3, -0.25) is 9.80 Å². The number of amides is 2. The average Bonchev–Trinajstić information content (AvgIpc) is 3.06. The second-order valence-electron chi connectivity index (χ2n) is 6.95. The van der Waals surface area contributed by atoms with Gasteiger partial charge in [0.05, 0.1) is 30.2 Å². The first-order valence-electron chi connectivity index (χ1n) is 9.02. The summed E-state index contributed by atoms with van der Waals surface area (Å²) in [7, 11) is -3.20. The number of para-hydroxylation sites is 1. The third-order valence-corrected chi connectivity index (χ3v) is 6.87. The Morgan fingerprint density at radius 3 is 2.26 bits per heavy atom. The number of carbonyl (C=O) groups excluding carboxylic acids is 1. The standard InChI is InChI=1S/C20H22N2O4S/c1-3-26-16-10-8-15(9-11-16)21-18-12-27(24,25)13-19(18)22(20(21)23)17-7-5-4-6-14(17)2/h4-11,18-19H,3,12-13H2,1-2H3/t18-,19-/m0/s1. The minimum Gasteiger partial charge on any atom is -0.494 e. The van der Waals surface area contributed by atoms with Crippen LogP contribution in [0.25, 0.3) is 0 Å². The van der Waals surface area contributed by atoms with Crippen LogP contribution < -0.4 is 14.5 Å². The smallest absolute Gasteiger partial charge is 0.329 e. The Labute approximate surface area is 159 Å². The van der Waals surface area contributed by atoms with Crippen molar-refractivity contribution in [3.05, 3.63) is 54.1 Å². The molecule has 0 spiro atoms. The van der Waals surface area contributed by atoms with Crippen LogP contribution in [0.15, 0.2) is 48.5 Å². The highest BCUT2D eigenvalue weighted by Gasteiger charge is 2.54. The second kappa shape index (κ2) is 6.56. The fraction of sp³-hybridized carbons (Fsp3) is 0.350. The van der Waals surface area contributed by atoms with Crippen LogP contribution in [0.4, 0.5) is 16.2 Å². The van der Waals surface area contributed by atoms with Crippen molar-refractivity contribution in [3.63, 3.8) is 0 Å². The van der Waals surface area contributed by atoms with Gasteiger partial charge in [-0.1, -0.05) is 18.2 Å². The van der Waals surface area contributed by atoms with Crippen molar-refractivity contribution in [2.75, 3.05) is 27.9 Å². The van der Waals surface area contributed by atoms with E-state index in [0.29, 0.717) is 12.3 Å². The first-order chi connectivity index (χ1) is 12.9. The lowest BCUT2D eigenvalue weighted by Crippen LogP contribution is -2.38. The third kappa shape index (κ3) is 3.06. The normalized spacial score (nSPS) is 23.6. The van der Waals surface area contributed by atoms with Crippen molar-refractivity contribution in [2.45, 2.75) is 25.9 Å². The van der Waals surface area contributed by atoms with Crippen LogP contribution in [-0.2, 0) is 9.84 Å². The lowest BCUT2D eigenvalue weighted by molar-refractivity contribution is 0.255. The molecule has 0 N–H and O–H groups in total. The van der Waals surface area contributed by atoms with Crippen molar-refractivity contribution in [3.8, 4) is 5.75 Å². The summed E-state index contributed by atoms with van der Waals surface area (Å²) in [6.07, 6.45) is 0. The molecule has 0 aromatic heterocycles. The van der Waals surface area contributed by atoms with E-state index in [1.165, 1.54) is 0 Å². The van der Waals surface area contributed by atoms with E-state index in [4.69, 9.17) is 4.74 Å². The molecule has 27 heavy (non-hydrogen) atoms. The molecule has 2 fully saturated rings. The highest BCUT2D eigenvalue weighted by molar-refractivity contribution is 7.91. The molecule has 2 aliphatic heterocycles. The molecule has 2 aliphatic rings. The molecular weight excluding hydrogens is 364 g/mol. The molecule has 2 amide bonds. The number of rotatable bonds is 4. The van der Waals surface area contributed by atoms with Crippen molar-refractivity contribution in [2.24, 2.45) is 0 Å². The van der Waals surface area contributed by atoms with Crippen LogP contribution in [0.1, 0.15) is 12.5 Å². The van der Waals surface area contributed by atoms with Crippen molar-refractivity contribution in [1.29, 1.82) is 0 Å². The van der Waals surface area contributed by atoms with Crippen LogP contribution in [0.2, 0.25) is 0 Å². The van der Waals surface area contributed by atoms with Gasteiger partial charge in [-0.2, -0.15) is 0 Å². The van der Waals surface area contributed by atoms with Gasteiger partial charge in [0.15, 0.2) is 9.84 Å². The van der Waals surface area contributed by atoms with Crippen LogP contribution in [0.5, 0.6) is 5.75 Å². The molecule has 142 valence electrons.